The summed E-state index contributed by atoms with van der Waals surface area (Å²) in [7, 11) is -2.68. The van der Waals surface area contributed by atoms with Gasteiger partial charge in [-0.05, 0) is 54.6 Å². The molecule has 10 heteroatoms. The van der Waals surface area contributed by atoms with E-state index in [1.165, 1.54) is 55.6 Å². The molecule has 0 aliphatic carbocycles. The topological polar surface area (TPSA) is 84.7 Å². The van der Waals surface area contributed by atoms with E-state index in [0.29, 0.717) is 0 Å². The Bertz CT molecular complexity index is 1140. The molecule has 7 nitrogen and oxygen atoms in total. The fourth-order valence-electron chi connectivity index (χ4n) is 2.38. The van der Waals surface area contributed by atoms with E-state index in [1.54, 1.807) is 6.07 Å². The van der Waals surface area contributed by atoms with E-state index >= 15 is 0 Å². The summed E-state index contributed by atoms with van der Waals surface area (Å²) < 4.78 is 45.9. The molecular formula is C19H15ClFN2O5S+. The molecule has 0 spiro atoms. The molecule has 0 fully saturated rings. The second-order valence-electron chi connectivity index (χ2n) is 5.71. The summed E-state index contributed by atoms with van der Waals surface area (Å²) in [5.41, 5.74) is 0.275. The number of nitrogens with one attached hydrogen (secondary N) is 1. The van der Waals surface area contributed by atoms with Crippen molar-refractivity contribution in [1.82, 2.24) is 0 Å². The lowest BCUT2D eigenvalue weighted by Crippen LogP contribution is -2.12. The zero-order valence-corrected chi connectivity index (χ0v) is 16.6. The van der Waals surface area contributed by atoms with Crippen molar-refractivity contribution in [1.29, 1.82) is 0 Å². The average molecular weight is 438 g/mol. The number of hydrogen-bond acceptors (Lipinski definition) is 5. The van der Waals surface area contributed by atoms with E-state index in [-0.39, 0.29) is 37.7 Å². The highest BCUT2D eigenvalue weighted by molar-refractivity contribution is 7.92. The van der Waals surface area contributed by atoms with Gasteiger partial charge < -0.3 is 4.74 Å². The van der Waals surface area contributed by atoms with Gasteiger partial charge in [0, 0.05) is 11.8 Å². The van der Waals surface area contributed by atoms with Crippen LogP contribution in [0.1, 0.15) is 0 Å². The molecule has 0 unspecified atom stereocenters. The third kappa shape index (κ3) is 4.82. The van der Waals surface area contributed by atoms with Crippen LogP contribution in [0.2, 0.25) is 5.02 Å². The van der Waals surface area contributed by atoms with Crippen LogP contribution < -0.4 is 9.46 Å². The highest BCUT2D eigenvalue weighted by atomic mass is 35.5. The molecule has 0 aliphatic rings. The van der Waals surface area contributed by atoms with Gasteiger partial charge in [-0.3, -0.25) is 4.72 Å². The van der Waals surface area contributed by atoms with Gasteiger partial charge in [-0.15, -0.1) is 0 Å². The molecule has 0 atom stereocenters. The van der Waals surface area contributed by atoms with Crippen molar-refractivity contribution in [3.05, 3.63) is 82.5 Å². The van der Waals surface area contributed by atoms with Crippen LogP contribution in [-0.4, -0.2) is 20.5 Å². The van der Waals surface area contributed by atoms with E-state index in [2.05, 4.69) is 9.56 Å². The van der Waals surface area contributed by atoms with Crippen LogP contribution in [0.25, 0.3) is 0 Å². The minimum Gasteiger partial charge on any atom is -0.448 e. The maximum atomic E-state index is 13.0. The summed E-state index contributed by atoms with van der Waals surface area (Å²) >= 11 is 6.11. The van der Waals surface area contributed by atoms with Crippen LogP contribution in [0.5, 0.6) is 11.5 Å². The summed E-state index contributed by atoms with van der Waals surface area (Å²) in [6, 6.07) is 14.9. The number of sulfonamides is 1. The van der Waals surface area contributed by atoms with Crippen molar-refractivity contribution in [3.63, 3.8) is 0 Å². The molecule has 3 aromatic carbocycles. The second-order valence-corrected chi connectivity index (χ2v) is 7.80. The predicted molar refractivity (Wildman–Crippen MR) is 105 cm³/mol. The van der Waals surface area contributed by atoms with Gasteiger partial charge in [0.1, 0.15) is 11.6 Å². The first kappa shape index (κ1) is 20.6. The molecule has 3 aromatic rings. The number of nitrogens with zero attached hydrogens (tertiary/aromatic N) is 1. The van der Waals surface area contributed by atoms with Crippen molar-refractivity contribution in [2.45, 2.75) is 4.90 Å². The Kier molecular flexibility index (Phi) is 6.00. The summed E-state index contributed by atoms with van der Waals surface area (Å²) in [5.74, 6) is -0.158. The molecular weight excluding hydrogens is 423 g/mol. The average Bonchev–Trinajstić information content (AvgIpc) is 2.71. The third-order valence-electron chi connectivity index (χ3n) is 3.76. The van der Waals surface area contributed by atoms with Crippen molar-refractivity contribution in [2.24, 2.45) is 0 Å². The molecule has 150 valence electrons. The number of rotatable bonds is 7. The minimum absolute atomic E-state index is 0.0316. The molecule has 0 heterocycles. The molecule has 1 N–H and O–H groups in total. The first-order valence-electron chi connectivity index (χ1n) is 8.16. The highest BCUT2D eigenvalue weighted by Gasteiger charge is 2.25. The first-order valence-corrected chi connectivity index (χ1v) is 10.0. The minimum atomic E-state index is -3.88. The van der Waals surface area contributed by atoms with Gasteiger partial charge in [0.15, 0.2) is 7.11 Å². The largest absolute Gasteiger partial charge is 0.448 e. The molecule has 0 aliphatic heterocycles. The molecule has 0 bridgehead atoms. The van der Waals surface area contributed by atoms with E-state index in [0.717, 1.165) is 12.1 Å². The molecule has 0 radical (unpaired) electrons. The zero-order valence-electron chi connectivity index (χ0n) is 15.0. The van der Waals surface area contributed by atoms with Gasteiger partial charge in [-0.2, -0.15) is 0 Å². The summed E-state index contributed by atoms with van der Waals surface area (Å²) in [4.78, 5) is 16.6. The van der Waals surface area contributed by atoms with Crippen LogP contribution in [-0.2, 0) is 14.9 Å². The number of halogens is 2. The Hall–Kier alpha value is -3.17. The van der Waals surface area contributed by atoms with Crippen molar-refractivity contribution in [2.75, 3.05) is 11.8 Å². The predicted octanol–water partition coefficient (Wildman–Crippen LogP) is 5.04. The monoisotopic (exact) mass is 437 g/mol. The standard InChI is InChI=1S/C19H15ClFN2O5S/c1-27-23(24)18-4-2-3-17(20)19(18)28-15-9-11-16(12-10-15)29(25,26)22-14-7-5-13(21)6-8-14/h2-12,22H,1H3/q+1. The first-order chi connectivity index (χ1) is 13.8. The quantitative estimate of drug-likeness (QED) is 0.523. The lowest BCUT2D eigenvalue weighted by Gasteiger charge is -2.10. The Balaban J connectivity index is 1.82. The number of anilines is 1. The molecule has 0 saturated heterocycles. The van der Waals surface area contributed by atoms with Crippen LogP contribution in [0, 0.1) is 10.7 Å². The van der Waals surface area contributed by atoms with E-state index < -0.39 is 15.8 Å². The van der Waals surface area contributed by atoms with Crippen LogP contribution >= 0.6 is 11.6 Å². The number of benzene rings is 3. The van der Waals surface area contributed by atoms with E-state index in [1.807, 2.05) is 0 Å². The molecule has 0 saturated carbocycles. The Morgan fingerprint density at radius 2 is 1.66 bits per heavy atom. The maximum Gasteiger partial charge on any atom is 0.360 e. The summed E-state index contributed by atoms with van der Waals surface area (Å²) in [6.07, 6.45) is 0. The summed E-state index contributed by atoms with van der Waals surface area (Å²) in [5, 5.41) is 0.176. The normalized spacial score (nSPS) is 11.0. The number of hydrogen-bond donors (Lipinski definition) is 1. The zero-order chi connectivity index (χ0) is 21.0. The number of para-hydroxylation sites is 1. The van der Waals surface area contributed by atoms with Gasteiger partial charge in [0.05, 0.1) is 14.8 Å². The van der Waals surface area contributed by atoms with Gasteiger partial charge in [-0.25, -0.2) is 17.6 Å². The van der Waals surface area contributed by atoms with Gasteiger partial charge in [-0.1, -0.05) is 17.7 Å². The van der Waals surface area contributed by atoms with Gasteiger partial charge in [0.2, 0.25) is 5.75 Å². The maximum absolute atomic E-state index is 13.0. The van der Waals surface area contributed by atoms with Gasteiger partial charge in [0.25, 0.3) is 14.9 Å². The lowest BCUT2D eigenvalue weighted by molar-refractivity contribution is -0.736. The highest BCUT2D eigenvalue weighted by Crippen LogP contribution is 2.38. The molecule has 3 rings (SSSR count). The van der Waals surface area contributed by atoms with Crippen molar-refractivity contribution in [3.8, 4) is 11.5 Å². The second kappa shape index (κ2) is 8.46. The van der Waals surface area contributed by atoms with E-state index in [4.69, 9.17) is 16.3 Å². The van der Waals surface area contributed by atoms with E-state index in [9.17, 15) is 17.7 Å². The molecule has 0 aromatic heterocycles. The number of ether oxygens (including phenoxy) is 1. The smallest absolute Gasteiger partial charge is 0.360 e. The fourth-order valence-corrected chi connectivity index (χ4v) is 3.64. The molecule has 0 amide bonds. The Morgan fingerprint density at radius 1 is 1.00 bits per heavy atom. The van der Waals surface area contributed by atoms with Crippen LogP contribution in [0.3, 0.4) is 0 Å². The SMILES string of the molecule is CO[N+](=O)c1cccc(Cl)c1Oc1ccc(S(=O)(=O)Nc2ccc(F)cc2)cc1. The fraction of sp³-hybridized carbons (Fsp3) is 0.0526. The van der Waals surface area contributed by atoms with Crippen molar-refractivity contribution < 1.29 is 27.3 Å². The Morgan fingerprint density at radius 3 is 2.28 bits per heavy atom. The van der Waals surface area contributed by atoms with Crippen LogP contribution in [0.4, 0.5) is 15.8 Å². The lowest BCUT2D eigenvalue weighted by atomic mass is 10.3. The van der Waals surface area contributed by atoms with Gasteiger partial charge >= 0.3 is 5.69 Å². The van der Waals surface area contributed by atoms with Crippen LogP contribution in [0.15, 0.2) is 71.6 Å². The Labute approximate surface area is 171 Å². The third-order valence-corrected chi connectivity index (χ3v) is 5.45. The molecule has 29 heavy (non-hydrogen) atoms. The summed E-state index contributed by atoms with van der Waals surface area (Å²) in [6.45, 7) is 0. The van der Waals surface area contributed by atoms with Crippen molar-refractivity contribution >= 4 is 33.0 Å².